The molecule has 1 fully saturated rings. The van der Waals surface area contributed by atoms with Crippen LogP contribution in [0.5, 0.6) is 5.75 Å². The Labute approximate surface area is 240 Å². The summed E-state index contributed by atoms with van der Waals surface area (Å²) in [5.74, 6) is -0.944. The molecule has 1 aliphatic carbocycles. The van der Waals surface area contributed by atoms with Crippen molar-refractivity contribution >= 4 is 17.9 Å². The molecule has 0 saturated heterocycles. The number of nitrogens with one attached hydrogen (secondary N) is 3. The monoisotopic (exact) mass is 559 g/mol. The smallest absolute Gasteiger partial charge is 0.335 e. The molecule has 4 N–H and O–H groups in total. The van der Waals surface area contributed by atoms with E-state index in [2.05, 4.69) is 16.1 Å². The first-order valence-electron chi connectivity index (χ1n) is 13.9. The number of carbonyl (C=O) groups is 3. The lowest BCUT2D eigenvalue weighted by atomic mass is 9.73. The third kappa shape index (κ3) is 9.08. The fraction of sp³-hybridized carbons (Fsp3) is 0.344. The number of hydroxylamine groups is 1. The molecule has 3 aromatic rings. The highest BCUT2D eigenvalue weighted by molar-refractivity contribution is 5.83. The highest BCUT2D eigenvalue weighted by Gasteiger charge is 2.40. The van der Waals surface area contributed by atoms with Gasteiger partial charge in [-0.05, 0) is 41.7 Å². The van der Waals surface area contributed by atoms with Crippen LogP contribution in [-0.4, -0.2) is 35.7 Å². The number of benzene rings is 3. The topological polar surface area (TPSA) is 126 Å². The van der Waals surface area contributed by atoms with Crippen LogP contribution in [0.4, 0.5) is 4.79 Å². The first-order chi connectivity index (χ1) is 19.9. The number of ether oxygens (including phenoxy) is 1. The van der Waals surface area contributed by atoms with E-state index in [0.29, 0.717) is 31.7 Å². The maximum absolute atomic E-state index is 13.3. The van der Waals surface area contributed by atoms with Crippen molar-refractivity contribution in [1.82, 2.24) is 16.1 Å². The van der Waals surface area contributed by atoms with Gasteiger partial charge >= 0.3 is 12.0 Å². The summed E-state index contributed by atoms with van der Waals surface area (Å²) in [5.41, 5.74) is 4.28. The van der Waals surface area contributed by atoms with E-state index in [-0.39, 0.29) is 19.0 Å². The minimum Gasteiger partial charge on any atom is -0.489 e. The molecule has 0 aliphatic heterocycles. The van der Waals surface area contributed by atoms with Gasteiger partial charge in [-0.1, -0.05) is 92.1 Å². The van der Waals surface area contributed by atoms with E-state index < -0.39 is 23.4 Å². The Kier molecular flexibility index (Phi) is 10.7. The van der Waals surface area contributed by atoms with Gasteiger partial charge in [0.05, 0.1) is 5.41 Å². The minimum absolute atomic E-state index is 0.0573. The third-order valence-corrected chi connectivity index (χ3v) is 7.34. The van der Waals surface area contributed by atoms with Crippen LogP contribution in [0.25, 0.3) is 0 Å². The first-order valence-corrected chi connectivity index (χ1v) is 13.9. The number of rotatable bonds is 13. The number of amides is 3. The van der Waals surface area contributed by atoms with Gasteiger partial charge in [0.15, 0.2) is 6.10 Å². The molecule has 9 nitrogen and oxygen atoms in total. The van der Waals surface area contributed by atoms with E-state index in [4.69, 9.17) is 9.57 Å². The van der Waals surface area contributed by atoms with Gasteiger partial charge in [0.25, 0.3) is 5.91 Å². The molecule has 216 valence electrons. The molecule has 9 heteroatoms. The highest BCUT2D eigenvalue weighted by atomic mass is 16.7. The van der Waals surface area contributed by atoms with Gasteiger partial charge in [-0.2, -0.15) is 0 Å². The zero-order valence-electron chi connectivity index (χ0n) is 23.0. The third-order valence-electron chi connectivity index (χ3n) is 7.34. The predicted molar refractivity (Wildman–Crippen MR) is 154 cm³/mol. The molecule has 0 radical (unpaired) electrons. The van der Waals surface area contributed by atoms with Crippen molar-refractivity contribution in [1.29, 1.82) is 0 Å². The molecule has 1 atom stereocenters. The molecule has 4 rings (SSSR count). The lowest BCUT2D eigenvalue weighted by molar-refractivity contribution is -0.165. The van der Waals surface area contributed by atoms with Crippen LogP contribution in [0.1, 0.15) is 48.8 Å². The maximum atomic E-state index is 13.3. The Balaban J connectivity index is 1.28. The molecule has 1 aliphatic rings. The van der Waals surface area contributed by atoms with Crippen LogP contribution in [0.2, 0.25) is 0 Å². The van der Waals surface area contributed by atoms with Crippen LogP contribution in [0, 0.1) is 5.41 Å². The van der Waals surface area contributed by atoms with Crippen LogP contribution in [0.15, 0.2) is 84.9 Å². The van der Waals surface area contributed by atoms with Gasteiger partial charge in [-0.25, -0.2) is 15.1 Å². The Bertz CT molecular complexity index is 1260. The van der Waals surface area contributed by atoms with Crippen molar-refractivity contribution in [3.8, 4) is 5.75 Å². The van der Waals surface area contributed by atoms with Gasteiger partial charge in [0.2, 0.25) is 0 Å². The number of aliphatic carboxylic acids is 1. The molecule has 3 amide bonds. The predicted octanol–water partition coefficient (Wildman–Crippen LogP) is 4.76. The number of carbonyl (C=O) groups excluding carboxylic acids is 2. The number of carboxylic acid groups (broad SMARTS) is 1. The van der Waals surface area contributed by atoms with Crippen molar-refractivity contribution in [3.05, 3.63) is 102 Å². The Hall–Kier alpha value is -4.37. The van der Waals surface area contributed by atoms with E-state index in [1.807, 2.05) is 60.7 Å². The molecule has 0 bridgehead atoms. The summed E-state index contributed by atoms with van der Waals surface area (Å²) in [6.07, 6.45) is 2.59. The van der Waals surface area contributed by atoms with Crippen LogP contribution < -0.4 is 20.9 Å². The fourth-order valence-corrected chi connectivity index (χ4v) is 4.89. The van der Waals surface area contributed by atoms with Crippen molar-refractivity contribution in [3.63, 3.8) is 0 Å². The molecule has 0 aromatic heterocycles. The number of carboxylic acids is 1. The molecule has 0 heterocycles. The summed E-state index contributed by atoms with van der Waals surface area (Å²) in [6, 6.07) is 26.1. The average Bonchev–Trinajstić information content (AvgIpc) is 3.01. The Morgan fingerprint density at radius 3 is 2.05 bits per heavy atom. The van der Waals surface area contributed by atoms with Crippen molar-refractivity contribution in [2.45, 2.75) is 57.8 Å². The summed E-state index contributed by atoms with van der Waals surface area (Å²) in [4.78, 5) is 43.1. The van der Waals surface area contributed by atoms with E-state index in [1.165, 1.54) is 0 Å². The summed E-state index contributed by atoms with van der Waals surface area (Å²) >= 11 is 0. The fourth-order valence-electron chi connectivity index (χ4n) is 4.89. The van der Waals surface area contributed by atoms with Gasteiger partial charge < -0.3 is 20.5 Å². The maximum Gasteiger partial charge on any atom is 0.335 e. The second kappa shape index (κ2) is 14.9. The molecular formula is C32H37N3O6. The molecular weight excluding hydrogens is 522 g/mol. The second-order valence-electron chi connectivity index (χ2n) is 10.4. The molecule has 0 spiro atoms. The highest BCUT2D eigenvalue weighted by Crippen LogP contribution is 2.36. The Morgan fingerprint density at radius 2 is 1.41 bits per heavy atom. The standard InChI is InChI=1S/C32H37N3O6/c36-29(37)28(20-24-14-16-27(17-15-24)40-22-26-12-6-2-7-13-26)41-35-30(38)32(18-8-3-9-19-32)23-34-31(39)33-21-25-10-4-1-5-11-25/h1-2,4-7,10-17,28H,3,8-9,18-23H2,(H,35,38)(H,36,37)(H2,33,34,39). The van der Waals surface area contributed by atoms with Gasteiger partial charge in [-0.3, -0.25) is 9.63 Å². The average molecular weight is 560 g/mol. The molecule has 1 unspecified atom stereocenters. The Morgan fingerprint density at radius 1 is 0.780 bits per heavy atom. The quantitative estimate of drug-likeness (QED) is 0.224. The van der Waals surface area contributed by atoms with Crippen molar-refractivity contribution in [2.75, 3.05) is 6.54 Å². The second-order valence-corrected chi connectivity index (χ2v) is 10.4. The van der Waals surface area contributed by atoms with E-state index in [0.717, 1.165) is 36.0 Å². The summed E-state index contributed by atoms with van der Waals surface area (Å²) in [7, 11) is 0. The van der Waals surface area contributed by atoms with Crippen LogP contribution in [0.3, 0.4) is 0 Å². The molecule has 1 saturated carbocycles. The van der Waals surface area contributed by atoms with E-state index in [9.17, 15) is 19.5 Å². The summed E-state index contributed by atoms with van der Waals surface area (Å²) in [6.45, 7) is 0.929. The van der Waals surface area contributed by atoms with Crippen LogP contribution >= 0.6 is 0 Å². The lowest BCUT2D eigenvalue weighted by Gasteiger charge is -2.35. The number of urea groups is 1. The van der Waals surface area contributed by atoms with Gasteiger partial charge in [0.1, 0.15) is 12.4 Å². The zero-order chi connectivity index (χ0) is 28.9. The first kappa shape index (κ1) is 29.6. The zero-order valence-corrected chi connectivity index (χ0v) is 23.0. The largest absolute Gasteiger partial charge is 0.489 e. The lowest BCUT2D eigenvalue weighted by Crippen LogP contribution is -2.52. The van der Waals surface area contributed by atoms with Crippen molar-refractivity contribution < 1.29 is 29.1 Å². The van der Waals surface area contributed by atoms with Gasteiger partial charge in [-0.15, -0.1) is 0 Å². The summed E-state index contributed by atoms with van der Waals surface area (Å²) < 4.78 is 5.80. The van der Waals surface area contributed by atoms with Crippen LogP contribution in [-0.2, 0) is 34.0 Å². The minimum atomic E-state index is -1.28. The van der Waals surface area contributed by atoms with Crippen molar-refractivity contribution in [2.24, 2.45) is 5.41 Å². The van der Waals surface area contributed by atoms with E-state index in [1.54, 1.807) is 24.3 Å². The molecule has 3 aromatic carbocycles. The summed E-state index contributed by atoms with van der Waals surface area (Å²) in [5, 5.41) is 15.4. The molecule has 41 heavy (non-hydrogen) atoms. The number of hydrogen-bond donors (Lipinski definition) is 4. The van der Waals surface area contributed by atoms with Gasteiger partial charge in [0, 0.05) is 19.5 Å². The normalized spacial score (nSPS) is 14.8. The van der Waals surface area contributed by atoms with E-state index >= 15 is 0 Å². The SMILES string of the molecule is O=C(NCc1ccccc1)NCC1(C(=O)NOC(Cc2ccc(OCc3ccccc3)cc2)C(=O)O)CCCCC1. The number of hydrogen-bond acceptors (Lipinski definition) is 5.